The lowest BCUT2D eigenvalue weighted by Crippen LogP contribution is -1.98. The van der Waals surface area contributed by atoms with Crippen LogP contribution in [-0.2, 0) is 5.11 Å². The third kappa shape index (κ3) is 3.36. The number of benzene rings is 1. The topological polar surface area (TPSA) is 19.9 Å². The van der Waals surface area contributed by atoms with E-state index >= 15 is 0 Å². The fraction of sp³-hybridized carbons (Fsp3) is 0.400. The second-order valence-corrected chi connectivity index (χ2v) is 5.35. The number of rotatable bonds is 3. The summed E-state index contributed by atoms with van der Waals surface area (Å²) in [4.78, 5) is 0. The van der Waals surface area contributed by atoms with Gasteiger partial charge in [0.25, 0.3) is 0 Å². The van der Waals surface area contributed by atoms with Gasteiger partial charge in [-0.15, -0.1) is 0 Å². The van der Waals surface area contributed by atoms with Gasteiger partial charge in [0.15, 0.2) is 0 Å². The molecule has 0 aliphatic heterocycles. The van der Waals surface area contributed by atoms with Gasteiger partial charge < -0.3 is 0 Å². The minimum atomic E-state index is -0.547. The summed E-state index contributed by atoms with van der Waals surface area (Å²) in [5.41, 5.74) is 0.947. The molecule has 0 fully saturated rings. The number of hydrogen-bond acceptors (Lipinski definition) is 0. The van der Waals surface area contributed by atoms with Crippen LogP contribution in [0.3, 0.4) is 0 Å². The van der Waals surface area contributed by atoms with E-state index in [4.69, 9.17) is 0 Å². The molecule has 1 unspecified atom stereocenters. The molecular weight excluding hydrogens is 390 g/mol. The van der Waals surface area contributed by atoms with Gasteiger partial charge in [-0.05, 0) is 69.3 Å². The van der Waals surface area contributed by atoms with Gasteiger partial charge in [-0.25, -0.2) is 5.11 Å². The molecule has 1 nitrogen and oxygen atoms in total. The molecule has 0 aliphatic carbocycles. The Hall–Kier alpha value is 0.640. The molecule has 3 heteroatoms. The van der Waals surface area contributed by atoms with E-state index in [1.165, 1.54) is 3.57 Å². The van der Waals surface area contributed by atoms with Crippen LogP contribution < -0.4 is 0 Å². The van der Waals surface area contributed by atoms with E-state index in [9.17, 15) is 5.11 Å². The van der Waals surface area contributed by atoms with E-state index < -0.39 is 6.10 Å². The molecule has 1 atom stereocenters. The van der Waals surface area contributed by atoms with Crippen LogP contribution in [0.1, 0.15) is 31.4 Å². The van der Waals surface area contributed by atoms with Crippen LogP contribution in [0.15, 0.2) is 18.2 Å². The largest absolute Gasteiger partial charge is 0.228 e. The molecule has 0 aromatic heterocycles. The van der Waals surface area contributed by atoms with Gasteiger partial charge >= 0.3 is 0 Å². The Balaban J connectivity index is 2.88. The van der Waals surface area contributed by atoms with Crippen LogP contribution in [0.5, 0.6) is 0 Å². The first-order valence-corrected chi connectivity index (χ1v) is 6.41. The zero-order chi connectivity index (χ0) is 9.84. The number of hydrogen-bond donors (Lipinski definition) is 0. The second kappa shape index (κ2) is 5.50. The summed E-state index contributed by atoms with van der Waals surface area (Å²) in [5.74, 6) is 0. The van der Waals surface area contributed by atoms with Crippen molar-refractivity contribution >= 4 is 45.2 Å². The zero-order valence-corrected chi connectivity index (χ0v) is 11.7. The van der Waals surface area contributed by atoms with E-state index in [0.29, 0.717) is 0 Å². The first-order chi connectivity index (χ1) is 6.15. The molecule has 1 aromatic rings. The van der Waals surface area contributed by atoms with Crippen LogP contribution >= 0.6 is 45.2 Å². The Morgan fingerprint density at radius 1 is 1.38 bits per heavy atom. The molecule has 1 radical (unpaired) electrons. The van der Waals surface area contributed by atoms with Crippen molar-refractivity contribution in [2.75, 3.05) is 0 Å². The molecule has 0 amide bonds. The van der Waals surface area contributed by atoms with Gasteiger partial charge in [-0.2, -0.15) is 0 Å². The lowest BCUT2D eigenvalue weighted by atomic mass is 10.1. The molecule has 13 heavy (non-hydrogen) atoms. The molecule has 0 saturated carbocycles. The lowest BCUT2D eigenvalue weighted by molar-refractivity contribution is 0.0798. The van der Waals surface area contributed by atoms with Crippen molar-refractivity contribution in [3.63, 3.8) is 0 Å². The van der Waals surface area contributed by atoms with Gasteiger partial charge in [-0.1, -0.05) is 19.4 Å². The predicted molar refractivity (Wildman–Crippen MR) is 70.2 cm³/mol. The van der Waals surface area contributed by atoms with Crippen LogP contribution in [-0.4, -0.2) is 0 Å². The minimum Gasteiger partial charge on any atom is -0.228 e. The summed E-state index contributed by atoms with van der Waals surface area (Å²) in [6.45, 7) is 2.05. The maximum absolute atomic E-state index is 11.7. The number of halogens is 2. The van der Waals surface area contributed by atoms with Crippen LogP contribution in [0.4, 0.5) is 0 Å². The molecule has 71 valence electrons. The molecule has 0 bridgehead atoms. The summed E-state index contributed by atoms with van der Waals surface area (Å²) >= 11 is 4.50. The molecule has 0 spiro atoms. The summed E-state index contributed by atoms with van der Waals surface area (Å²) in [6, 6.07) is 6.01. The van der Waals surface area contributed by atoms with Crippen molar-refractivity contribution in [2.45, 2.75) is 25.9 Å². The Bertz CT molecular complexity index is 286. The van der Waals surface area contributed by atoms with Gasteiger partial charge in [-0.3, -0.25) is 0 Å². The van der Waals surface area contributed by atoms with Gasteiger partial charge in [0, 0.05) is 7.14 Å². The highest BCUT2D eigenvalue weighted by Gasteiger charge is 2.11. The molecule has 1 aromatic carbocycles. The Kier molecular flexibility index (Phi) is 4.96. The maximum Gasteiger partial charge on any atom is 0.119 e. The Morgan fingerprint density at radius 2 is 2.08 bits per heavy atom. The van der Waals surface area contributed by atoms with E-state index in [0.717, 1.165) is 22.0 Å². The third-order valence-corrected chi connectivity index (χ3v) is 3.47. The standard InChI is InChI=1S/C10H11I2O/c1-2-3-10(13)8-5-4-7(11)6-9(8)12/h4-6,10H,2-3H2,1H3. The SMILES string of the molecule is CCCC([O])c1ccc(I)cc1I. The average Bonchev–Trinajstić information content (AvgIpc) is 2.04. The average molecular weight is 401 g/mol. The second-order valence-electron chi connectivity index (χ2n) is 2.94. The van der Waals surface area contributed by atoms with E-state index in [1.807, 2.05) is 19.1 Å². The van der Waals surface area contributed by atoms with E-state index in [2.05, 4.69) is 51.2 Å². The highest BCUT2D eigenvalue weighted by molar-refractivity contribution is 14.1. The van der Waals surface area contributed by atoms with Crippen LogP contribution in [0, 0.1) is 7.14 Å². The highest BCUT2D eigenvalue weighted by Crippen LogP contribution is 2.25. The van der Waals surface area contributed by atoms with Crippen molar-refractivity contribution in [1.29, 1.82) is 0 Å². The first-order valence-electron chi connectivity index (χ1n) is 4.26. The normalized spacial score (nSPS) is 12.9. The fourth-order valence-corrected chi connectivity index (χ4v) is 3.13. The molecule has 0 N–H and O–H groups in total. The minimum absolute atomic E-state index is 0.547. The quantitative estimate of drug-likeness (QED) is 0.679. The Morgan fingerprint density at radius 3 is 2.62 bits per heavy atom. The predicted octanol–water partition coefficient (Wildman–Crippen LogP) is 4.17. The van der Waals surface area contributed by atoms with Gasteiger partial charge in [0.05, 0.1) is 0 Å². The smallest absolute Gasteiger partial charge is 0.119 e. The maximum atomic E-state index is 11.7. The summed E-state index contributed by atoms with van der Waals surface area (Å²) < 4.78 is 2.28. The van der Waals surface area contributed by atoms with Crippen molar-refractivity contribution in [2.24, 2.45) is 0 Å². The summed E-state index contributed by atoms with van der Waals surface area (Å²) in [6.07, 6.45) is 1.14. The third-order valence-electron chi connectivity index (χ3n) is 1.86. The summed E-state index contributed by atoms with van der Waals surface area (Å²) in [5, 5.41) is 11.7. The van der Waals surface area contributed by atoms with Crippen LogP contribution in [0.25, 0.3) is 0 Å². The van der Waals surface area contributed by atoms with Crippen molar-refractivity contribution in [3.05, 3.63) is 30.9 Å². The van der Waals surface area contributed by atoms with Crippen molar-refractivity contribution < 1.29 is 5.11 Å². The lowest BCUT2D eigenvalue weighted by Gasteiger charge is -2.09. The molecule has 0 aliphatic rings. The first kappa shape index (κ1) is 11.7. The molecule has 0 saturated heterocycles. The van der Waals surface area contributed by atoms with Gasteiger partial charge in [0.2, 0.25) is 0 Å². The monoisotopic (exact) mass is 401 g/mol. The summed E-state index contributed by atoms with van der Waals surface area (Å²) in [7, 11) is 0. The molecule has 0 heterocycles. The van der Waals surface area contributed by atoms with Crippen LogP contribution in [0.2, 0.25) is 0 Å². The molecular formula is C10H11I2O. The van der Waals surface area contributed by atoms with Crippen molar-refractivity contribution in [3.8, 4) is 0 Å². The van der Waals surface area contributed by atoms with E-state index in [-0.39, 0.29) is 0 Å². The highest BCUT2D eigenvalue weighted by atomic mass is 127. The fourth-order valence-electron chi connectivity index (χ4n) is 1.18. The zero-order valence-electron chi connectivity index (χ0n) is 7.39. The Labute approximate surface area is 106 Å². The van der Waals surface area contributed by atoms with E-state index in [1.54, 1.807) is 0 Å². The van der Waals surface area contributed by atoms with Crippen molar-refractivity contribution in [1.82, 2.24) is 0 Å². The molecule has 1 rings (SSSR count). The van der Waals surface area contributed by atoms with Gasteiger partial charge in [0.1, 0.15) is 6.10 Å².